The van der Waals surface area contributed by atoms with Gasteiger partial charge in [-0.15, -0.1) is 0 Å². The quantitative estimate of drug-likeness (QED) is 0.826. The summed E-state index contributed by atoms with van der Waals surface area (Å²) in [6.07, 6.45) is 7.31. The van der Waals surface area contributed by atoms with Crippen LogP contribution >= 0.6 is 0 Å². The molecule has 2 rings (SSSR count). The maximum absolute atomic E-state index is 8.64. The molecule has 1 aromatic rings. The lowest BCUT2D eigenvalue weighted by atomic mass is 10.1. The molecule has 0 unspecified atom stereocenters. The highest BCUT2D eigenvalue weighted by Crippen LogP contribution is 2.22. The van der Waals surface area contributed by atoms with Crippen molar-refractivity contribution in [2.45, 2.75) is 19.3 Å². The molecule has 3 nitrogen and oxygen atoms in total. The second-order valence-corrected chi connectivity index (χ2v) is 3.81. The van der Waals surface area contributed by atoms with Gasteiger partial charge >= 0.3 is 0 Å². The van der Waals surface area contributed by atoms with Crippen LogP contribution in [0.15, 0.2) is 22.6 Å². The van der Waals surface area contributed by atoms with Crippen molar-refractivity contribution in [1.82, 2.24) is 0 Å². The second-order valence-electron chi connectivity index (χ2n) is 3.81. The summed E-state index contributed by atoms with van der Waals surface area (Å²) in [4.78, 5) is 2.28. The third-order valence-electron chi connectivity index (χ3n) is 2.67. The van der Waals surface area contributed by atoms with E-state index in [0.717, 1.165) is 24.7 Å². The first kappa shape index (κ1) is 10.3. The van der Waals surface area contributed by atoms with Crippen LogP contribution in [0, 0.1) is 0 Å². The van der Waals surface area contributed by atoms with Crippen LogP contribution in [-0.2, 0) is 0 Å². The average molecular weight is 207 g/mol. The highest BCUT2D eigenvalue weighted by Gasteiger charge is 2.13. The van der Waals surface area contributed by atoms with Crippen LogP contribution in [-0.4, -0.2) is 24.8 Å². The molecule has 1 aliphatic heterocycles. The van der Waals surface area contributed by atoms with E-state index in [1.807, 2.05) is 12.1 Å². The Morgan fingerprint density at radius 1 is 1.27 bits per heavy atom. The van der Waals surface area contributed by atoms with Crippen molar-refractivity contribution >= 4 is 12.0 Å². The van der Waals surface area contributed by atoms with Gasteiger partial charge in [-0.25, -0.2) is 0 Å². The molecule has 1 fully saturated rings. The van der Waals surface area contributed by atoms with E-state index >= 15 is 0 Å². The van der Waals surface area contributed by atoms with Crippen LogP contribution in [0.5, 0.6) is 0 Å². The number of anilines is 1. The number of furan rings is 1. The number of hydrogen-bond donors (Lipinski definition) is 1. The summed E-state index contributed by atoms with van der Waals surface area (Å²) in [6.45, 7) is 2.24. The molecule has 15 heavy (non-hydrogen) atoms. The van der Waals surface area contributed by atoms with E-state index in [4.69, 9.17) is 9.52 Å². The van der Waals surface area contributed by atoms with E-state index in [0.29, 0.717) is 0 Å². The topological polar surface area (TPSA) is 36.6 Å². The summed E-state index contributed by atoms with van der Waals surface area (Å²) in [5.41, 5.74) is 0. The first-order chi connectivity index (χ1) is 7.40. The molecule has 1 saturated heterocycles. The van der Waals surface area contributed by atoms with Crippen molar-refractivity contribution in [1.29, 1.82) is 0 Å². The minimum absolute atomic E-state index is 0.0553. The van der Waals surface area contributed by atoms with E-state index in [1.54, 1.807) is 12.2 Å². The smallest absolute Gasteiger partial charge is 0.196 e. The molecule has 0 atom stereocenters. The monoisotopic (exact) mass is 207 g/mol. The lowest BCUT2D eigenvalue weighted by molar-refractivity contribution is 0.343. The molecule has 0 saturated carbocycles. The van der Waals surface area contributed by atoms with Crippen molar-refractivity contribution in [3.05, 3.63) is 24.0 Å². The minimum atomic E-state index is 0.0553. The van der Waals surface area contributed by atoms with Crippen molar-refractivity contribution < 1.29 is 9.52 Å². The Labute approximate surface area is 90.0 Å². The molecule has 3 heteroatoms. The van der Waals surface area contributed by atoms with Gasteiger partial charge in [-0.1, -0.05) is 6.08 Å². The second kappa shape index (κ2) is 5.03. The first-order valence-corrected chi connectivity index (χ1v) is 5.52. The largest absolute Gasteiger partial charge is 0.441 e. The fourth-order valence-electron chi connectivity index (χ4n) is 1.88. The summed E-state index contributed by atoms with van der Waals surface area (Å²) in [6, 6.07) is 3.94. The van der Waals surface area contributed by atoms with E-state index in [2.05, 4.69) is 4.90 Å². The van der Waals surface area contributed by atoms with E-state index in [1.165, 1.54) is 19.3 Å². The Hall–Kier alpha value is -1.22. The Morgan fingerprint density at radius 3 is 2.80 bits per heavy atom. The summed E-state index contributed by atoms with van der Waals surface area (Å²) in [5.74, 6) is 1.76. The van der Waals surface area contributed by atoms with Crippen molar-refractivity contribution in [3.8, 4) is 0 Å². The molecule has 1 aliphatic rings. The SMILES string of the molecule is OCC=Cc1ccc(N2CCCCC2)o1. The van der Waals surface area contributed by atoms with Gasteiger partial charge in [0.25, 0.3) is 0 Å². The van der Waals surface area contributed by atoms with Crippen LogP contribution in [0.2, 0.25) is 0 Å². The van der Waals surface area contributed by atoms with Crippen LogP contribution in [0.3, 0.4) is 0 Å². The molecule has 0 amide bonds. The number of aliphatic hydroxyl groups excluding tert-OH is 1. The van der Waals surface area contributed by atoms with Crippen LogP contribution < -0.4 is 4.90 Å². The number of aliphatic hydroxyl groups is 1. The Bertz CT molecular complexity index is 324. The molecule has 82 valence electrons. The fourth-order valence-corrected chi connectivity index (χ4v) is 1.88. The summed E-state index contributed by atoms with van der Waals surface area (Å²) < 4.78 is 5.65. The minimum Gasteiger partial charge on any atom is -0.441 e. The maximum atomic E-state index is 8.64. The molecular formula is C12H17NO2. The standard InChI is InChI=1S/C12H17NO2/c14-10-4-5-11-6-7-12(15-11)13-8-2-1-3-9-13/h4-7,14H,1-3,8-10H2. The van der Waals surface area contributed by atoms with Gasteiger partial charge in [-0.3, -0.25) is 0 Å². The van der Waals surface area contributed by atoms with E-state index in [9.17, 15) is 0 Å². The molecule has 0 bridgehead atoms. The molecule has 1 aromatic heterocycles. The zero-order chi connectivity index (χ0) is 10.5. The van der Waals surface area contributed by atoms with Crippen molar-refractivity contribution in [2.75, 3.05) is 24.6 Å². The number of hydrogen-bond acceptors (Lipinski definition) is 3. The van der Waals surface area contributed by atoms with E-state index in [-0.39, 0.29) is 6.61 Å². The Kier molecular flexibility index (Phi) is 3.45. The molecule has 0 radical (unpaired) electrons. The number of piperidine rings is 1. The predicted molar refractivity (Wildman–Crippen MR) is 60.9 cm³/mol. The first-order valence-electron chi connectivity index (χ1n) is 5.52. The van der Waals surface area contributed by atoms with Gasteiger partial charge in [-0.05, 0) is 31.4 Å². The van der Waals surface area contributed by atoms with Gasteiger partial charge in [-0.2, -0.15) is 0 Å². The van der Waals surface area contributed by atoms with Gasteiger partial charge in [0.05, 0.1) is 6.61 Å². The fraction of sp³-hybridized carbons (Fsp3) is 0.500. The number of nitrogens with zero attached hydrogens (tertiary/aromatic N) is 1. The Morgan fingerprint density at radius 2 is 2.07 bits per heavy atom. The zero-order valence-electron chi connectivity index (χ0n) is 8.85. The van der Waals surface area contributed by atoms with Gasteiger partial charge in [0.2, 0.25) is 0 Å². The van der Waals surface area contributed by atoms with E-state index < -0.39 is 0 Å². The average Bonchev–Trinajstić information content (AvgIpc) is 2.76. The van der Waals surface area contributed by atoms with Gasteiger partial charge < -0.3 is 14.4 Å². The molecule has 0 aromatic carbocycles. The normalized spacial score (nSPS) is 17.5. The van der Waals surface area contributed by atoms with Crippen molar-refractivity contribution in [3.63, 3.8) is 0 Å². The number of rotatable bonds is 3. The predicted octanol–water partition coefficient (Wildman–Crippen LogP) is 2.28. The van der Waals surface area contributed by atoms with Crippen LogP contribution in [0.1, 0.15) is 25.0 Å². The van der Waals surface area contributed by atoms with Crippen molar-refractivity contribution in [2.24, 2.45) is 0 Å². The summed E-state index contributed by atoms with van der Waals surface area (Å²) >= 11 is 0. The summed E-state index contributed by atoms with van der Waals surface area (Å²) in [7, 11) is 0. The highest BCUT2D eigenvalue weighted by atomic mass is 16.4. The van der Waals surface area contributed by atoms with Gasteiger partial charge in [0, 0.05) is 19.2 Å². The lowest BCUT2D eigenvalue weighted by Crippen LogP contribution is -2.28. The Balaban J connectivity index is 2.02. The summed E-state index contributed by atoms with van der Waals surface area (Å²) in [5, 5.41) is 8.64. The molecule has 0 aliphatic carbocycles. The molecule has 1 N–H and O–H groups in total. The molecule has 0 spiro atoms. The maximum Gasteiger partial charge on any atom is 0.196 e. The highest BCUT2D eigenvalue weighted by molar-refractivity contribution is 5.48. The van der Waals surface area contributed by atoms with Gasteiger partial charge in [0.15, 0.2) is 5.88 Å². The van der Waals surface area contributed by atoms with Crippen LogP contribution in [0.4, 0.5) is 5.88 Å². The molecule has 2 heterocycles. The van der Waals surface area contributed by atoms with Gasteiger partial charge in [0.1, 0.15) is 5.76 Å². The third-order valence-corrected chi connectivity index (χ3v) is 2.67. The lowest BCUT2D eigenvalue weighted by Gasteiger charge is -2.25. The van der Waals surface area contributed by atoms with Crippen LogP contribution in [0.25, 0.3) is 6.08 Å². The third kappa shape index (κ3) is 2.63. The molecular weight excluding hydrogens is 190 g/mol. The zero-order valence-corrected chi connectivity index (χ0v) is 8.85.